The summed E-state index contributed by atoms with van der Waals surface area (Å²) in [6.07, 6.45) is 0.512. The lowest BCUT2D eigenvalue weighted by Crippen LogP contribution is -2.40. The number of halogens is 1. The maximum absolute atomic E-state index is 14.0. The minimum absolute atomic E-state index is 0.205. The normalized spacial score (nSPS) is 11.7. The molecule has 8 heteroatoms. The van der Waals surface area contributed by atoms with Crippen molar-refractivity contribution < 1.29 is 9.53 Å². The van der Waals surface area contributed by atoms with Gasteiger partial charge >= 0.3 is 6.03 Å². The summed E-state index contributed by atoms with van der Waals surface area (Å²) < 4.78 is 7.23. The molecule has 0 bridgehead atoms. The number of ether oxygens (including phenoxy) is 1. The highest BCUT2D eigenvalue weighted by Crippen LogP contribution is 2.29. The molecule has 1 N–H and O–H groups in total. The number of anilines is 1. The Kier molecular flexibility index (Phi) is 8.65. The summed E-state index contributed by atoms with van der Waals surface area (Å²) in [6, 6.07) is 30.5. The van der Waals surface area contributed by atoms with Gasteiger partial charge in [-0.25, -0.2) is 9.78 Å². The molecular weight excluding hydrogens is 536 g/mol. The van der Waals surface area contributed by atoms with Crippen LogP contribution >= 0.6 is 11.6 Å². The van der Waals surface area contributed by atoms with E-state index in [4.69, 9.17) is 21.3 Å². The van der Waals surface area contributed by atoms with E-state index in [-0.39, 0.29) is 11.6 Å². The molecule has 1 unspecified atom stereocenters. The van der Waals surface area contributed by atoms with Gasteiger partial charge in [-0.2, -0.15) is 0 Å². The topological polar surface area (TPSA) is 76.5 Å². The lowest BCUT2D eigenvalue weighted by molar-refractivity contribution is 0.177. The molecule has 1 atom stereocenters. The third-order valence-corrected chi connectivity index (χ3v) is 7.04. The van der Waals surface area contributed by atoms with Gasteiger partial charge in [0.05, 0.1) is 29.2 Å². The van der Waals surface area contributed by atoms with Gasteiger partial charge in [-0.15, -0.1) is 0 Å². The lowest BCUT2D eigenvalue weighted by Gasteiger charge is -2.32. The molecule has 7 nitrogen and oxygen atoms in total. The van der Waals surface area contributed by atoms with Crippen LogP contribution in [0.15, 0.2) is 108 Å². The van der Waals surface area contributed by atoms with Crippen molar-refractivity contribution >= 4 is 34.2 Å². The standard InChI is InChI=1S/C33H31ClN4O3/c1-3-30(37(22-23-11-6-5-7-12-23)33(40)35-25-14-10-13-24(34)21-25)31-36-29-16-9-8-15-28(29)32(39)38(31)26-17-19-27(20-18-26)41-4-2/h5-21,30H,3-4,22H2,1-2H3,(H,35,40). The number of para-hydroxylation sites is 1. The summed E-state index contributed by atoms with van der Waals surface area (Å²) in [5, 5.41) is 4.01. The fourth-order valence-corrected chi connectivity index (χ4v) is 5.08. The Morgan fingerprint density at radius 3 is 2.39 bits per heavy atom. The average Bonchev–Trinajstić information content (AvgIpc) is 2.98. The first kappa shape index (κ1) is 27.9. The molecular formula is C33H31ClN4O3. The van der Waals surface area contributed by atoms with Crippen LogP contribution in [0.3, 0.4) is 0 Å². The first-order valence-corrected chi connectivity index (χ1v) is 14.0. The van der Waals surface area contributed by atoms with Crippen LogP contribution in [-0.2, 0) is 6.54 Å². The maximum atomic E-state index is 14.0. The van der Waals surface area contributed by atoms with E-state index in [1.165, 1.54) is 0 Å². The van der Waals surface area contributed by atoms with Gasteiger partial charge in [0.1, 0.15) is 11.6 Å². The summed E-state index contributed by atoms with van der Waals surface area (Å²) >= 11 is 6.19. The van der Waals surface area contributed by atoms with Crippen LogP contribution in [0.5, 0.6) is 5.75 Å². The molecule has 5 aromatic rings. The number of urea groups is 1. The Balaban J connectivity index is 1.66. The molecule has 0 radical (unpaired) electrons. The number of hydrogen-bond acceptors (Lipinski definition) is 4. The Hall–Kier alpha value is -4.62. The predicted molar refractivity (Wildman–Crippen MR) is 164 cm³/mol. The summed E-state index contributed by atoms with van der Waals surface area (Å²) in [6.45, 7) is 4.75. The van der Waals surface area contributed by atoms with Crippen LogP contribution in [0.2, 0.25) is 5.02 Å². The number of hydrogen-bond donors (Lipinski definition) is 1. The summed E-state index contributed by atoms with van der Waals surface area (Å²) in [7, 11) is 0. The number of nitrogens with one attached hydrogen (secondary N) is 1. The molecule has 4 aromatic carbocycles. The van der Waals surface area contributed by atoms with Gasteiger partial charge < -0.3 is 15.0 Å². The number of benzene rings is 4. The lowest BCUT2D eigenvalue weighted by atomic mass is 10.1. The number of amides is 2. The molecule has 0 saturated carbocycles. The molecule has 41 heavy (non-hydrogen) atoms. The van der Waals surface area contributed by atoms with Crippen molar-refractivity contribution in [2.75, 3.05) is 11.9 Å². The van der Waals surface area contributed by atoms with Crippen molar-refractivity contribution in [3.8, 4) is 11.4 Å². The number of carbonyl (C=O) groups excluding carboxylic acids is 1. The van der Waals surface area contributed by atoms with Crippen molar-refractivity contribution in [3.63, 3.8) is 0 Å². The van der Waals surface area contributed by atoms with Gasteiger partial charge in [-0.3, -0.25) is 9.36 Å². The van der Waals surface area contributed by atoms with E-state index >= 15 is 0 Å². The molecule has 1 heterocycles. The largest absolute Gasteiger partial charge is 0.494 e. The van der Waals surface area contributed by atoms with Crippen LogP contribution in [0.4, 0.5) is 10.5 Å². The second-order valence-corrected chi connectivity index (χ2v) is 9.97. The smallest absolute Gasteiger partial charge is 0.322 e. The van der Waals surface area contributed by atoms with Crippen LogP contribution in [0.25, 0.3) is 16.6 Å². The summed E-state index contributed by atoms with van der Waals surface area (Å²) in [4.78, 5) is 34.7. The SMILES string of the molecule is CCOc1ccc(-n2c(C(CC)N(Cc3ccccc3)C(=O)Nc3cccc(Cl)c3)nc3ccccc3c2=O)cc1. The van der Waals surface area contributed by atoms with E-state index < -0.39 is 6.04 Å². The van der Waals surface area contributed by atoms with Crippen LogP contribution < -0.4 is 15.6 Å². The van der Waals surface area contributed by atoms with Gasteiger partial charge in [0.25, 0.3) is 5.56 Å². The van der Waals surface area contributed by atoms with E-state index in [0.717, 1.165) is 5.56 Å². The van der Waals surface area contributed by atoms with Crippen LogP contribution in [-0.4, -0.2) is 27.1 Å². The number of rotatable bonds is 9. The molecule has 208 valence electrons. The molecule has 0 aliphatic carbocycles. The minimum atomic E-state index is -0.543. The van der Waals surface area contributed by atoms with Crippen molar-refractivity contribution in [3.05, 3.63) is 130 Å². The fourth-order valence-electron chi connectivity index (χ4n) is 4.89. The van der Waals surface area contributed by atoms with Gasteiger partial charge in [0.2, 0.25) is 0 Å². The van der Waals surface area contributed by atoms with E-state index in [2.05, 4.69) is 5.32 Å². The molecule has 0 fully saturated rings. The Morgan fingerprint density at radius 2 is 1.68 bits per heavy atom. The zero-order valence-corrected chi connectivity index (χ0v) is 23.7. The number of carbonyl (C=O) groups is 1. The second kappa shape index (κ2) is 12.7. The quantitative estimate of drug-likeness (QED) is 0.199. The van der Waals surface area contributed by atoms with E-state index in [1.807, 2.05) is 86.6 Å². The molecule has 5 rings (SSSR count). The van der Waals surface area contributed by atoms with Crippen molar-refractivity contribution in [1.29, 1.82) is 0 Å². The summed E-state index contributed by atoms with van der Waals surface area (Å²) in [5.41, 5.74) is 2.53. The Bertz CT molecular complexity index is 1700. The second-order valence-electron chi connectivity index (χ2n) is 9.53. The van der Waals surface area contributed by atoms with Crippen molar-refractivity contribution in [2.45, 2.75) is 32.9 Å². The number of fused-ring (bicyclic) bond motifs is 1. The average molecular weight is 567 g/mol. The summed E-state index contributed by atoms with van der Waals surface area (Å²) in [5.74, 6) is 1.18. The van der Waals surface area contributed by atoms with Crippen molar-refractivity contribution in [1.82, 2.24) is 14.5 Å². The molecule has 1 aromatic heterocycles. The van der Waals surface area contributed by atoms with Gasteiger partial charge in [-0.05, 0) is 73.5 Å². The molecule has 0 saturated heterocycles. The highest BCUT2D eigenvalue weighted by atomic mass is 35.5. The zero-order chi connectivity index (χ0) is 28.8. The molecule has 0 spiro atoms. The number of aromatic nitrogens is 2. The zero-order valence-electron chi connectivity index (χ0n) is 23.0. The highest BCUT2D eigenvalue weighted by molar-refractivity contribution is 6.30. The van der Waals surface area contributed by atoms with E-state index in [0.29, 0.717) is 58.4 Å². The Labute approximate surface area is 244 Å². The fraction of sp³-hybridized carbons (Fsp3) is 0.182. The number of nitrogens with zero attached hydrogens (tertiary/aromatic N) is 3. The van der Waals surface area contributed by atoms with Gasteiger partial charge in [0, 0.05) is 17.3 Å². The molecule has 0 aliphatic heterocycles. The third-order valence-electron chi connectivity index (χ3n) is 6.80. The highest BCUT2D eigenvalue weighted by Gasteiger charge is 2.29. The monoisotopic (exact) mass is 566 g/mol. The Morgan fingerprint density at radius 1 is 0.951 bits per heavy atom. The van der Waals surface area contributed by atoms with E-state index in [9.17, 15) is 9.59 Å². The molecule has 2 amide bonds. The first-order chi connectivity index (χ1) is 20.0. The predicted octanol–water partition coefficient (Wildman–Crippen LogP) is 7.62. The van der Waals surface area contributed by atoms with Gasteiger partial charge in [0.15, 0.2) is 0 Å². The van der Waals surface area contributed by atoms with E-state index in [1.54, 1.807) is 39.8 Å². The first-order valence-electron chi connectivity index (χ1n) is 13.6. The maximum Gasteiger partial charge on any atom is 0.322 e. The van der Waals surface area contributed by atoms with Crippen LogP contribution in [0.1, 0.15) is 37.7 Å². The molecule has 0 aliphatic rings. The minimum Gasteiger partial charge on any atom is -0.494 e. The third kappa shape index (κ3) is 6.26. The van der Waals surface area contributed by atoms with Crippen molar-refractivity contribution in [2.24, 2.45) is 0 Å². The van der Waals surface area contributed by atoms with Crippen LogP contribution in [0, 0.1) is 0 Å². The van der Waals surface area contributed by atoms with Gasteiger partial charge in [-0.1, -0.05) is 67.1 Å².